The van der Waals surface area contributed by atoms with Gasteiger partial charge in [0.15, 0.2) is 0 Å². The average Bonchev–Trinajstić information content (AvgIpc) is 2.79. The summed E-state index contributed by atoms with van der Waals surface area (Å²) in [5.74, 6) is -1.98. The van der Waals surface area contributed by atoms with Crippen molar-refractivity contribution in [3.05, 3.63) is 0 Å². The van der Waals surface area contributed by atoms with Gasteiger partial charge >= 0.3 is 12.1 Å². The molecule has 1 aliphatic rings. The van der Waals surface area contributed by atoms with Gasteiger partial charge in [0, 0.05) is 6.54 Å². The molecule has 0 spiro atoms. The van der Waals surface area contributed by atoms with Crippen molar-refractivity contribution in [1.82, 2.24) is 5.32 Å². The number of hydrogen-bond donors (Lipinski definition) is 1. The molecule has 3 nitrogen and oxygen atoms in total. The van der Waals surface area contributed by atoms with Crippen molar-refractivity contribution in [2.75, 3.05) is 6.54 Å². The minimum absolute atomic E-state index is 0.207. The lowest BCUT2D eigenvalue weighted by molar-refractivity contribution is -0.173. The van der Waals surface area contributed by atoms with Gasteiger partial charge in [0.05, 0.1) is 11.5 Å². The lowest BCUT2D eigenvalue weighted by atomic mass is 10.1. The van der Waals surface area contributed by atoms with Gasteiger partial charge in [0.25, 0.3) is 0 Å². The fraction of sp³-hybridized carbons (Fsp3) is 0.714. The average molecular weight is 192 g/mol. The first-order valence-corrected chi connectivity index (χ1v) is 3.66. The van der Waals surface area contributed by atoms with Crippen LogP contribution >= 0.6 is 0 Å². The summed E-state index contributed by atoms with van der Waals surface area (Å²) in [5, 5.41) is 10.2. The topological polar surface area (TPSA) is 52.9 Å². The second kappa shape index (κ2) is 2.91. The Hall–Kier alpha value is -1.25. The highest BCUT2D eigenvalue weighted by Gasteiger charge is 2.46. The highest BCUT2D eigenvalue weighted by molar-refractivity contribution is 5.81. The van der Waals surface area contributed by atoms with Crippen LogP contribution in [0.15, 0.2) is 0 Å². The molecule has 1 amide bonds. The van der Waals surface area contributed by atoms with Crippen molar-refractivity contribution < 1.29 is 18.0 Å². The SMILES string of the molecule is N#CC1(CNC(=O)C(F)(F)F)CC1. The Balaban J connectivity index is 2.36. The van der Waals surface area contributed by atoms with E-state index in [-0.39, 0.29) is 6.54 Å². The molecule has 0 aliphatic heterocycles. The van der Waals surface area contributed by atoms with E-state index < -0.39 is 17.5 Å². The lowest BCUT2D eigenvalue weighted by Crippen LogP contribution is -2.39. The predicted molar refractivity (Wildman–Crippen MR) is 36.3 cm³/mol. The molecule has 0 heterocycles. The smallest absolute Gasteiger partial charge is 0.347 e. The van der Waals surface area contributed by atoms with Crippen LogP contribution in [-0.2, 0) is 4.79 Å². The predicted octanol–water partition coefficient (Wildman–Crippen LogP) is 0.969. The molecular formula is C7H7F3N2O. The maximum absolute atomic E-state index is 11.7. The molecule has 1 aliphatic carbocycles. The number of nitrogens with zero attached hydrogens (tertiary/aromatic N) is 1. The van der Waals surface area contributed by atoms with Crippen LogP contribution in [0.4, 0.5) is 13.2 Å². The van der Waals surface area contributed by atoms with Gasteiger partial charge in [-0.2, -0.15) is 18.4 Å². The third-order valence-electron chi connectivity index (χ3n) is 1.94. The van der Waals surface area contributed by atoms with Crippen LogP contribution in [0, 0.1) is 16.7 Å². The largest absolute Gasteiger partial charge is 0.471 e. The Morgan fingerprint density at radius 2 is 2.08 bits per heavy atom. The zero-order chi connectivity index (χ0) is 10.1. The summed E-state index contributed by atoms with van der Waals surface area (Å²) in [4.78, 5) is 10.3. The minimum Gasteiger partial charge on any atom is -0.347 e. The van der Waals surface area contributed by atoms with E-state index in [0.29, 0.717) is 12.8 Å². The molecular weight excluding hydrogens is 185 g/mol. The van der Waals surface area contributed by atoms with Crippen LogP contribution in [0.1, 0.15) is 12.8 Å². The zero-order valence-electron chi connectivity index (χ0n) is 6.61. The number of carbonyl (C=O) groups excluding carboxylic acids is 1. The fourth-order valence-electron chi connectivity index (χ4n) is 0.829. The maximum Gasteiger partial charge on any atom is 0.471 e. The zero-order valence-corrected chi connectivity index (χ0v) is 6.61. The Morgan fingerprint density at radius 3 is 2.38 bits per heavy atom. The molecule has 1 rings (SSSR count). The number of amides is 1. The molecule has 0 aromatic heterocycles. The number of halogens is 3. The first-order valence-electron chi connectivity index (χ1n) is 3.66. The molecule has 0 saturated heterocycles. The first kappa shape index (κ1) is 9.84. The van der Waals surface area contributed by atoms with Gasteiger partial charge in [-0.1, -0.05) is 0 Å². The van der Waals surface area contributed by atoms with Crippen molar-refractivity contribution in [2.45, 2.75) is 19.0 Å². The summed E-state index contributed by atoms with van der Waals surface area (Å²) in [7, 11) is 0. The van der Waals surface area contributed by atoms with Gasteiger partial charge in [0.2, 0.25) is 0 Å². The van der Waals surface area contributed by atoms with Crippen molar-refractivity contribution >= 4 is 5.91 Å². The lowest BCUT2D eigenvalue weighted by Gasteiger charge is -2.09. The van der Waals surface area contributed by atoms with Gasteiger partial charge < -0.3 is 5.32 Å². The molecule has 1 fully saturated rings. The van der Waals surface area contributed by atoms with E-state index in [1.165, 1.54) is 0 Å². The number of nitrogens with one attached hydrogen (secondary N) is 1. The summed E-state index contributed by atoms with van der Waals surface area (Å²) in [6.07, 6.45) is -3.74. The molecule has 0 aromatic rings. The summed E-state index contributed by atoms with van der Waals surface area (Å²) in [6.45, 7) is -0.207. The van der Waals surface area contributed by atoms with E-state index in [0.717, 1.165) is 0 Å². The molecule has 6 heteroatoms. The van der Waals surface area contributed by atoms with E-state index in [2.05, 4.69) is 0 Å². The summed E-state index contributed by atoms with van der Waals surface area (Å²) < 4.78 is 35.0. The molecule has 13 heavy (non-hydrogen) atoms. The van der Waals surface area contributed by atoms with Crippen LogP contribution in [0.2, 0.25) is 0 Å². The van der Waals surface area contributed by atoms with Crippen LogP contribution in [0.5, 0.6) is 0 Å². The Bertz CT molecular complexity index is 262. The standard InChI is InChI=1S/C7H7F3N2O/c8-7(9,10)5(13)12-4-6(3-11)1-2-6/h1-2,4H2,(H,12,13). The summed E-state index contributed by atoms with van der Waals surface area (Å²) in [6, 6.07) is 1.88. The Labute approximate surface area is 72.5 Å². The van der Waals surface area contributed by atoms with Crippen LogP contribution in [0.25, 0.3) is 0 Å². The normalized spacial score (nSPS) is 18.9. The fourth-order valence-corrected chi connectivity index (χ4v) is 0.829. The van der Waals surface area contributed by atoms with Crippen molar-refractivity contribution in [2.24, 2.45) is 5.41 Å². The quantitative estimate of drug-likeness (QED) is 0.708. The highest BCUT2D eigenvalue weighted by atomic mass is 19.4. The van der Waals surface area contributed by atoms with E-state index in [9.17, 15) is 18.0 Å². The molecule has 72 valence electrons. The van der Waals surface area contributed by atoms with Gasteiger partial charge in [0.1, 0.15) is 0 Å². The van der Waals surface area contributed by atoms with E-state index in [4.69, 9.17) is 5.26 Å². The van der Waals surface area contributed by atoms with Crippen molar-refractivity contribution in [3.8, 4) is 6.07 Å². The second-order valence-corrected chi connectivity index (χ2v) is 3.07. The third kappa shape index (κ3) is 2.34. The number of rotatable bonds is 2. The molecule has 0 aromatic carbocycles. The molecule has 1 saturated carbocycles. The minimum atomic E-state index is -4.86. The second-order valence-electron chi connectivity index (χ2n) is 3.07. The molecule has 0 atom stereocenters. The molecule has 0 unspecified atom stereocenters. The molecule has 0 bridgehead atoms. The van der Waals surface area contributed by atoms with E-state index in [1.54, 1.807) is 5.32 Å². The van der Waals surface area contributed by atoms with Gasteiger partial charge in [-0.15, -0.1) is 0 Å². The van der Waals surface area contributed by atoms with Crippen LogP contribution in [0.3, 0.4) is 0 Å². The molecule has 0 radical (unpaired) electrons. The monoisotopic (exact) mass is 192 g/mol. The summed E-state index contributed by atoms with van der Waals surface area (Å²) >= 11 is 0. The first-order chi connectivity index (χ1) is 5.90. The van der Waals surface area contributed by atoms with Crippen LogP contribution < -0.4 is 5.32 Å². The van der Waals surface area contributed by atoms with Gasteiger partial charge in [-0.25, -0.2) is 0 Å². The number of nitriles is 1. The Kier molecular flexibility index (Phi) is 2.20. The van der Waals surface area contributed by atoms with Gasteiger partial charge in [-0.3, -0.25) is 4.79 Å². The van der Waals surface area contributed by atoms with E-state index >= 15 is 0 Å². The number of alkyl halides is 3. The third-order valence-corrected chi connectivity index (χ3v) is 1.94. The molecule has 1 N–H and O–H groups in total. The van der Waals surface area contributed by atoms with Crippen molar-refractivity contribution in [3.63, 3.8) is 0 Å². The van der Waals surface area contributed by atoms with Crippen molar-refractivity contribution in [1.29, 1.82) is 5.26 Å². The number of carbonyl (C=O) groups is 1. The Morgan fingerprint density at radius 1 is 1.54 bits per heavy atom. The highest BCUT2D eigenvalue weighted by Crippen LogP contribution is 2.44. The van der Waals surface area contributed by atoms with E-state index in [1.807, 2.05) is 6.07 Å². The number of hydrogen-bond acceptors (Lipinski definition) is 2. The maximum atomic E-state index is 11.7. The van der Waals surface area contributed by atoms with Crippen LogP contribution in [-0.4, -0.2) is 18.6 Å². The van der Waals surface area contributed by atoms with Gasteiger partial charge in [-0.05, 0) is 12.8 Å². The summed E-state index contributed by atoms with van der Waals surface area (Å²) in [5.41, 5.74) is -0.735.